The second-order valence-electron chi connectivity index (χ2n) is 7.55. The Morgan fingerprint density at radius 2 is 1.55 bits per heavy atom. The van der Waals surface area contributed by atoms with Crippen LogP contribution >= 0.6 is 0 Å². The summed E-state index contributed by atoms with van der Waals surface area (Å²) in [4.78, 5) is 10.5. The third-order valence-corrected chi connectivity index (χ3v) is 8.86. The molecular weight excluding hydrogens is 674 g/mol. The number of sulfone groups is 1. The van der Waals surface area contributed by atoms with Gasteiger partial charge in [-0.3, -0.25) is 23.9 Å². The minimum atomic E-state index is -5.25. The Morgan fingerprint density at radius 3 is 2.08 bits per heavy atom. The number of allylic oxidation sites excluding steroid dienone is 1. The number of carbonyl (C=O) groups is 1. The van der Waals surface area contributed by atoms with Gasteiger partial charge in [-0.15, -0.1) is 0 Å². The first-order chi connectivity index (χ1) is 17.7. The number of nitrogens with zero attached hydrogens (tertiary/aromatic N) is 1. The summed E-state index contributed by atoms with van der Waals surface area (Å²) < 4.78 is 125. The summed E-state index contributed by atoms with van der Waals surface area (Å²) in [5.41, 5.74) is 4.91. The summed E-state index contributed by atoms with van der Waals surface area (Å²) in [6.45, 7) is -0.938. The van der Waals surface area contributed by atoms with Crippen LogP contribution in [0.3, 0.4) is 0 Å². The molecular formula is C18H17CuN3O14S4. The second-order valence-corrected chi connectivity index (χ2v) is 13.5. The average molecular weight is 691 g/mol. The maximum absolute atomic E-state index is 13.1. The molecule has 1 radical (unpaired) electrons. The summed E-state index contributed by atoms with van der Waals surface area (Å²) in [7, 11) is -19.4. The molecule has 1 aliphatic carbocycles. The predicted octanol–water partition coefficient (Wildman–Crippen LogP) is -0.295. The fourth-order valence-electron chi connectivity index (χ4n) is 3.25. The topological polar surface area (TPSA) is 294 Å². The number of rotatable bonds is 9. The first-order valence-corrected chi connectivity index (χ1v) is 15.8. The van der Waals surface area contributed by atoms with Crippen molar-refractivity contribution in [3.05, 3.63) is 46.4 Å². The Morgan fingerprint density at radius 1 is 0.925 bits per heavy atom. The predicted molar refractivity (Wildman–Crippen MR) is 133 cm³/mol. The largest absolute Gasteiger partial charge is 0.506 e. The molecule has 223 valence electrons. The van der Waals surface area contributed by atoms with Crippen molar-refractivity contribution in [2.24, 2.45) is 5.10 Å². The smallest absolute Gasteiger partial charge is 0.397 e. The van der Waals surface area contributed by atoms with Crippen molar-refractivity contribution in [1.82, 2.24) is 0 Å². The van der Waals surface area contributed by atoms with Gasteiger partial charge in [0.15, 0.2) is 15.5 Å². The molecule has 0 bridgehead atoms. The van der Waals surface area contributed by atoms with Crippen molar-refractivity contribution in [3.8, 4) is 5.75 Å². The number of nitrogens with one attached hydrogen (secondary N) is 1. The van der Waals surface area contributed by atoms with E-state index in [1.807, 2.05) is 0 Å². The number of nitrogen functional groups attached to an aromatic ring is 1. The molecule has 17 nitrogen and oxygen atoms in total. The van der Waals surface area contributed by atoms with Gasteiger partial charge in [-0.1, -0.05) is 0 Å². The standard InChI is InChI=1S/C18H17N3O14S4.Cu/c19-11-2-4-14(37(26,27)28)10-8-15(38(29,30)31)17(18(23)16(10)11)21-20-12-3-1-9(7-13(12)22)36(24,25)6-5-35-39(32,33)34;/h1-4,7-8,20,22H,5-6,19H2,(H,26,27,28)(H,29,30,31)(H,32,33,34);. The number of anilines is 2. The number of nitrogens with two attached hydrogens (primary N) is 1. The van der Waals surface area contributed by atoms with Crippen molar-refractivity contribution in [1.29, 1.82) is 0 Å². The molecule has 3 rings (SSSR count). The molecule has 0 spiro atoms. The quantitative estimate of drug-likeness (QED) is 0.0647. The molecule has 2 aromatic carbocycles. The van der Waals surface area contributed by atoms with Crippen molar-refractivity contribution in [2.45, 2.75) is 9.79 Å². The van der Waals surface area contributed by atoms with Crippen LogP contribution in [-0.2, 0) is 61.7 Å². The molecule has 0 heterocycles. The molecule has 0 unspecified atom stereocenters. The number of ketones is 1. The number of phenols is 1. The van der Waals surface area contributed by atoms with E-state index in [1.54, 1.807) is 0 Å². The molecule has 0 saturated heterocycles. The molecule has 0 atom stereocenters. The van der Waals surface area contributed by atoms with Gasteiger partial charge in [0.05, 0.1) is 28.5 Å². The number of aromatic hydroxyl groups is 1. The van der Waals surface area contributed by atoms with Crippen LogP contribution < -0.4 is 11.2 Å². The van der Waals surface area contributed by atoms with Gasteiger partial charge in [-0.05, 0) is 30.3 Å². The molecule has 40 heavy (non-hydrogen) atoms. The van der Waals surface area contributed by atoms with Gasteiger partial charge in [0.2, 0.25) is 5.78 Å². The van der Waals surface area contributed by atoms with Gasteiger partial charge in [0, 0.05) is 34.4 Å². The summed E-state index contributed by atoms with van der Waals surface area (Å²) in [6, 6.07) is 4.29. The zero-order valence-electron chi connectivity index (χ0n) is 19.2. The first-order valence-electron chi connectivity index (χ1n) is 9.88. The van der Waals surface area contributed by atoms with E-state index in [0.717, 1.165) is 24.3 Å². The fourth-order valence-corrected chi connectivity index (χ4v) is 6.09. The number of fused-ring (bicyclic) bond motifs is 1. The van der Waals surface area contributed by atoms with Gasteiger partial charge >= 0.3 is 10.4 Å². The summed E-state index contributed by atoms with van der Waals surface area (Å²) in [5, 5.41) is 13.8. The average Bonchev–Trinajstić information content (AvgIpc) is 2.76. The van der Waals surface area contributed by atoms with Crippen LogP contribution in [0.25, 0.3) is 6.08 Å². The van der Waals surface area contributed by atoms with Crippen molar-refractivity contribution >= 4 is 69.4 Å². The Bertz CT molecular complexity index is 1880. The number of Topliss-reactive ketones (excluding diaryl/α,β-unsaturated/α-hetero) is 1. The van der Waals surface area contributed by atoms with Crippen LogP contribution in [0.4, 0.5) is 11.4 Å². The summed E-state index contributed by atoms with van der Waals surface area (Å²) in [5.74, 6) is -3.01. The van der Waals surface area contributed by atoms with Crippen LogP contribution in [0.15, 0.2) is 50.1 Å². The van der Waals surface area contributed by atoms with Gasteiger partial charge in [-0.25, -0.2) is 12.6 Å². The Kier molecular flexibility index (Phi) is 9.59. The molecule has 0 amide bonds. The van der Waals surface area contributed by atoms with Crippen LogP contribution in [-0.4, -0.2) is 76.3 Å². The number of hydrogen-bond acceptors (Lipinski definition) is 14. The van der Waals surface area contributed by atoms with E-state index in [0.29, 0.717) is 12.1 Å². The van der Waals surface area contributed by atoms with Crippen molar-refractivity contribution in [3.63, 3.8) is 0 Å². The SMILES string of the molecule is Nc1ccc(S(=O)(=O)O)c2c1C(=O)C(=NNc1ccc(S(=O)(=O)CCOS(=O)(=O)O)cc1O)C(S(=O)(=O)O)=C2.[Cu]. The second kappa shape index (κ2) is 11.5. The molecule has 0 aliphatic heterocycles. The van der Waals surface area contributed by atoms with Gasteiger partial charge < -0.3 is 10.8 Å². The van der Waals surface area contributed by atoms with Crippen LogP contribution in [0.1, 0.15) is 15.9 Å². The minimum absolute atomic E-state index is 0. The molecule has 1 aliphatic rings. The third kappa shape index (κ3) is 7.42. The summed E-state index contributed by atoms with van der Waals surface area (Å²) >= 11 is 0. The van der Waals surface area contributed by atoms with E-state index in [4.69, 9.17) is 10.3 Å². The first kappa shape index (κ1) is 33.3. The maximum atomic E-state index is 13.1. The number of phenolic OH excluding ortho intramolecular Hbond substituents is 1. The maximum Gasteiger partial charge on any atom is 0.397 e. The molecule has 7 N–H and O–H groups in total. The van der Waals surface area contributed by atoms with Gasteiger partial charge in [-0.2, -0.15) is 30.4 Å². The number of benzene rings is 2. The zero-order valence-corrected chi connectivity index (χ0v) is 23.4. The minimum Gasteiger partial charge on any atom is -0.506 e. The molecule has 0 aromatic heterocycles. The Balaban J connectivity index is 0.00000560. The molecule has 2 aromatic rings. The monoisotopic (exact) mass is 690 g/mol. The number of carbonyl (C=O) groups excluding carboxylic acids is 1. The normalized spacial score (nSPS) is 15.2. The van der Waals surface area contributed by atoms with Crippen molar-refractivity contribution in [2.75, 3.05) is 23.5 Å². The third-order valence-electron chi connectivity index (χ3n) is 4.95. The number of hydrazone groups is 1. The van der Waals surface area contributed by atoms with Gasteiger partial charge in [0.25, 0.3) is 20.2 Å². The van der Waals surface area contributed by atoms with Crippen LogP contribution in [0.5, 0.6) is 5.75 Å². The fraction of sp³-hybridized carbons (Fsp3) is 0.111. The van der Waals surface area contributed by atoms with E-state index in [1.165, 1.54) is 0 Å². The van der Waals surface area contributed by atoms with E-state index < -0.39 is 95.9 Å². The zero-order chi connectivity index (χ0) is 29.6. The Labute approximate surface area is 237 Å². The van der Waals surface area contributed by atoms with E-state index >= 15 is 0 Å². The van der Waals surface area contributed by atoms with E-state index in [2.05, 4.69) is 14.7 Å². The van der Waals surface area contributed by atoms with Gasteiger partial charge in [0.1, 0.15) is 15.6 Å². The van der Waals surface area contributed by atoms with Crippen LogP contribution in [0, 0.1) is 0 Å². The summed E-state index contributed by atoms with van der Waals surface area (Å²) in [6.07, 6.45) is 0.538. The molecule has 22 heteroatoms. The Hall–Kier alpha value is -2.92. The van der Waals surface area contributed by atoms with E-state index in [9.17, 15) is 52.7 Å². The van der Waals surface area contributed by atoms with E-state index in [-0.39, 0.29) is 28.4 Å². The number of hydrogen-bond donors (Lipinski definition) is 6. The molecule has 0 saturated carbocycles. The van der Waals surface area contributed by atoms with Crippen molar-refractivity contribution < 1.29 is 78.5 Å². The molecule has 0 fully saturated rings. The van der Waals surface area contributed by atoms with Crippen LogP contribution in [0.2, 0.25) is 0 Å².